The summed E-state index contributed by atoms with van der Waals surface area (Å²) in [5, 5.41) is 24.4. The summed E-state index contributed by atoms with van der Waals surface area (Å²) in [7, 11) is 1.72. The molecule has 10 heteroatoms. The van der Waals surface area contributed by atoms with Gasteiger partial charge in [-0.3, -0.25) is 9.78 Å². The first kappa shape index (κ1) is 22.6. The van der Waals surface area contributed by atoms with E-state index < -0.39 is 5.97 Å². The zero-order valence-corrected chi connectivity index (χ0v) is 19.5. The fourth-order valence-corrected chi connectivity index (χ4v) is 4.41. The van der Waals surface area contributed by atoms with Crippen LogP contribution in [0.1, 0.15) is 34.7 Å². The van der Waals surface area contributed by atoms with Crippen molar-refractivity contribution in [1.82, 2.24) is 30.2 Å². The average Bonchev–Trinajstić information content (AvgIpc) is 3.52. The van der Waals surface area contributed by atoms with E-state index in [2.05, 4.69) is 30.7 Å². The molecule has 2 aromatic carbocycles. The summed E-state index contributed by atoms with van der Waals surface area (Å²) >= 11 is 0. The molecule has 0 spiro atoms. The Labute approximate surface area is 201 Å². The lowest BCUT2D eigenvalue weighted by molar-refractivity contribution is -0.138. The van der Waals surface area contributed by atoms with Crippen molar-refractivity contribution >= 4 is 11.8 Å². The number of aromatic nitrogens is 6. The number of hydrogen-bond donors (Lipinski definition) is 2. The number of benzene rings is 2. The molecule has 35 heavy (non-hydrogen) atoms. The first-order valence-corrected chi connectivity index (χ1v) is 11.2. The van der Waals surface area contributed by atoms with Gasteiger partial charge in [-0.05, 0) is 72.0 Å². The summed E-state index contributed by atoms with van der Waals surface area (Å²) < 4.78 is 14.6. The van der Waals surface area contributed by atoms with E-state index in [1.807, 2.05) is 32.0 Å². The monoisotopic (exact) mass is 473 g/mol. The minimum absolute atomic E-state index is 0.0780. The standard InChI is InChI=1S/C25H24FN7O2/c1-13-6-16(24-30-32-33(3)31-24)7-14(2)23(13)15-4-5-20(26)17(8-15)10-28-22-12-27-21(11-29-22)18-9-19(18)25(34)35/h4-8,11-12,18-19H,9-10H2,1-3H3,(H,28,29)(H,34,35)/t18-,19-/m0/s1. The van der Waals surface area contributed by atoms with Crippen molar-refractivity contribution in [2.75, 3.05) is 5.32 Å². The van der Waals surface area contributed by atoms with Gasteiger partial charge in [0, 0.05) is 23.6 Å². The highest BCUT2D eigenvalue weighted by atomic mass is 19.1. The molecule has 2 N–H and O–H groups in total. The molecule has 2 atom stereocenters. The van der Waals surface area contributed by atoms with Crippen LogP contribution in [0.5, 0.6) is 0 Å². The second-order valence-corrected chi connectivity index (χ2v) is 8.86. The summed E-state index contributed by atoms with van der Waals surface area (Å²) in [6.45, 7) is 4.25. The van der Waals surface area contributed by atoms with Crippen LogP contribution in [-0.4, -0.2) is 41.3 Å². The number of halogens is 1. The number of carbonyl (C=O) groups is 1. The molecule has 2 heterocycles. The molecule has 1 fully saturated rings. The zero-order valence-electron chi connectivity index (χ0n) is 19.5. The molecule has 1 aliphatic carbocycles. The van der Waals surface area contributed by atoms with Gasteiger partial charge in [0.15, 0.2) is 0 Å². The SMILES string of the molecule is Cc1cc(-c2nnn(C)n2)cc(C)c1-c1ccc(F)c(CNc2cnc([C@H]3C[C@@H]3C(=O)O)cn2)c1. The molecule has 178 valence electrons. The Morgan fingerprint density at radius 3 is 2.51 bits per heavy atom. The van der Waals surface area contributed by atoms with E-state index in [0.717, 1.165) is 27.8 Å². The molecule has 2 aromatic heterocycles. The van der Waals surface area contributed by atoms with Crippen molar-refractivity contribution in [3.8, 4) is 22.5 Å². The number of anilines is 1. The minimum atomic E-state index is -0.806. The highest BCUT2D eigenvalue weighted by molar-refractivity contribution is 5.76. The molecule has 1 aliphatic rings. The summed E-state index contributed by atoms with van der Waals surface area (Å²) in [6.07, 6.45) is 3.73. The number of carboxylic acids is 1. The van der Waals surface area contributed by atoms with Gasteiger partial charge >= 0.3 is 5.97 Å². The van der Waals surface area contributed by atoms with E-state index >= 15 is 0 Å². The molecule has 0 radical (unpaired) electrons. The Kier molecular flexibility index (Phi) is 5.72. The highest BCUT2D eigenvalue weighted by Crippen LogP contribution is 2.46. The summed E-state index contributed by atoms with van der Waals surface area (Å²) in [5.41, 5.74) is 6.04. The molecule has 0 bridgehead atoms. The number of carboxylic acid groups (broad SMARTS) is 1. The first-order valence-electron chi connectivity index (χ1n) is 11.2. The first-order chi connectivity index (χ1) is 16.8. The topological polar surface area (TPSA) is 119 Å². The molecule has 0 unspecified atom stereocenters. The molecule has 0 saturated heterocycles. The molecule has 1 saturated carbocycles. The van der Waals surface area contributed by atoms with Gasteiger partial charge in [0.1, 0.15) is 11.6 Å². The summed E-state index contributed by atoms with van der Waals surface area (Å²) in [4.78, 5) is 21.1. The van der Waals surface area contributed by atoms with Crippen LogP contribution in [0.2, 0.25) is 0 Å². The van der Waals surface area contributed by atoms with Gasteiger partial charge in [-0.1, -0.05) is 6.07 Å². The maximum absolute atomic E-state index is 14.6. The third kappa shape index (κ3) is 4.59. The Hall–Kier alpha value is -4.21. The Morgan fingerprint density at radius 2 is 1.91 bits per heavy atom. The number of hydrogen-bond acceptors (Lipinski definition) is 7. The van der Waals surface area contributed by atoms with Gasteiger partial charge in [0.2, 0.25) is 5.82 Å². The Balaban J connectivity index is 1.33. The van der Waals surface area contributed by atoms with Crippen LogP contribution in [0.15, 0.2) is 42.7 Å². The second kappa shape index (κ2) is 8.86. The number of aryl methyl sites for hydroxylation is 3. The molecular formula is C25H24FN7O2. The van der Waals surface area contributed by atoms with E-state index in [1.165, 1.54) is 10.9 Å². The van der Waals surface area contributed by atoms with E-state index in [9.17, 15) is 9.18 Å². The Bertz CT molecular complexity index is 1390. The van der Waals surface area contributed by atoms with Gasteiger partial charge in [0.25, 0.3) is 0 Å². The van der Waals surface area contributed by atoms with Crippen LogP contribution in [0.4, 0.5) is 10.2 Å². The Morgan fingerprint density at radius 1 is 1.14 bits per heavy atom. The van der Waals surface area contributed by atoms with E-state index in [0.29, 0.717) is 29.3 Å². The molecule has 5 rings (SSSR count). The second-order valence-electron chi connectivity index (χ2n) is 8.86. The third-order valence-corrected chi connectivity index (χ3v) is 6.25. The van der Waals surface area contributed by atoms with Crippen LogP contribution >= 0.6 is 0 Å². The highest BCUT2D eigenvalue weighted by Gasteiger charge is 2.45. The van der Waals surface area contributed by atoms with Gasteiger partial charge in [-0.15, -0.1) is 10.2 Å². The molecule has 0 aliphatic heterocycles. The fourth-order valence-electron chi connectivity index (χ4n) is 4.41. The van der Waals surface area contributed by atoms with Crippen molar-refractivity contribution in [2.24, 2.45) is 13.0 Å². The largest absolute Gasteiger partial charge is 0.481 e. The van der Waals surface area contributed by atoms with Gasteiger partial charge in [0.05, 0.1) is 31.1 Å². The maximum atomic E-state index is 14.6. The van der Waals surface area contributed by atoms with Gasteiger partial charge < -0.3 is 10.4 Å². The third-order valence-electron chi connectivity index (χ3n) is 6.25. The van der Waals surface area contributed by atoms with Crippen molar-refractivity contribution in [3.05, 3.63) is 70.9 Å². The maximum Gasteiger partial charge on any atom is 0.307 e. The molecule has 4 aromatic rings. The predicted molar refractivity (Wildman–Crippen MR) is 127 cm³/mol. The molecular weight excluding hydrogens is 449 g/mol. The van der Waals surface area contributed by atoms with Crippen molar-refractivity contribution in [2.45, 2.75) is 32.7 Å². The normalized spacial score (nSPS) is 16.8. The molecule has 0 amide bonds. The van der Waals surface area contributed by atoms with Crippen LogP contribution in [-0.2, 0) is 18.4 Å². The lowest BCUT2D eigenvalue weighted by atomic mass is 9.92. The smallest absolute Gasteiger partial charge is 0.307 e. The van der Waals surface area contributed by atoms with Crippen LogP contribution < -0.4 is 5.32 Å². The quantitative estimate of drug-likeness (QED) is 0.415. The summed E-state index contributed by atoms with van der Waals surface area (Å²) in [5.74, 6) is -0.520. The lowest BCUT2D eigenvalue weighted by Crippen LogP contribution is -2.05. The zero-order chi connectivity index (χ0) is 24.7. The number of nitrogens with zero attached hydrogens (tertiary/aromatic N) is 6. The van der Waals surface area contributed by atoms with E-state index in [1.54, 1.807) is 25.5 Å². The van der Waals surface area contributed by atoms with E-state index in [4.69, 9.17) is 5.11 Å². The van der Waals surface area contributed by atoms with Crippen molar-refractivity contribution in [1.29, 1.82) is 0 Å². The van der Waals surface area contributed by atoms with Gasteiger partial charge in [-0.25, -0.2) is 9.37 Å². The van der Waals surface area contributed by atoms with Crippen molar-refractivity contribution < 1.29 is 14.3 Å². The predicted octanol–water partition coefficient (Wildman–Crippen LogP) is 3.89. The summed E-state index contributed by atoms with van der Waals surface area (Å²) in [6, 6.07) is 9.09. The number of nitrogens with one attached hydrogen (secondary N) is 1. The number of aliphatic carboxylic acids is 1. The van der Waals surface area contributed by atoms with E-state index in [-0.39, 0.29) is 24.2 Å². The van der Waals surface area contributed by atoms with Crippen LogP contribution in [0, 0.1) is 25.6 Å². The lowest BCUT2D eigenvalue weighted by Gasteiger charge is -2.14. The minimum Gasteiger partial charge on any atom is -0.481 e. The average molecular weight is 474 g/mol. The van der Waals surface area contributed by atoms with Gasteiger partial charge in [-0.2, -0.15) is 4.80 Å². The number of rotatable bonds is 7. The van der Waals surface area contributed by atoms with Crippen LogP contribution in [0.25, 0.3) is 22.5 Å². The van der Waals surface area contributed by atoms with Crippen LogP contribution in [0.3, 0.4) is 0 Å². The number of tetrazole rings is 1. The van der Waals surface area contributed by atoms with Crippen molar-refractivity contribution in [3.63, 3.8) is 0 Å². The molecule has 9 nitrogen and oxygen atoms in total. The fraction of sp³-hybridized carbons (Fsp3) is 0.280.